The lowest BCUT2D eigenvalue weighted by atomic mass is 10.2. The van der Waals surface area contributed by atoms with Crippen LogP contribution in [0.1, 0.15) is 12.5 Å². The summed E-state index contributed by atoms with van der Waals surface area (Å²) >= 11 is 0. The third kappa shape index (κ3) is 14.3. The molecule has 5 heteroatoms. The number of rotatable bonds is 4. The summed E-state index contributed by atoms with van der Waals surface area (Å²) in [5, 5.41) is 24.0. The van der Waals surface area contributed by atoms with Crippen molar-refractivity contribution in [2.45, 2.75) is 13.0 Å². The van der Waals surface area contributed by atoms with E-state index in [0.29, 0.717) is 5.57 Å². The average molecular weight is 296 g/mol. The Bertz CT molecular complexity index is 396. The van der Waals surface area contributed by atoms with Crippen LogP contribution < -0.4 is 0 Å². The third-order valence-corrected chi connectivity index (χ3v) is 1.99. The van der Waals surface area contributed by atoms with Crippen molar-refractivity contribution in [2.75, 3.05) is 20.3 Å². The minimum atomic E-state index is -0.954. The van der Waals surface area contributed by atoms with Gasteiger partial charge >= 0.3 is 5.97 Å². The molecule has 0 heterocycles. The topological polar surface area (TPSA) is 87.0 Å². The van der Waals surface area contributed by atoms with Gasteiger partial charge in [0.1, 0.15) is 6.10 Å². The molecule has 21 heavy (non-hydrogen) atoms. The fourth-order valence-electron chi connectivity index (χ4n) is 0.821. The Balaban J connectivity index is 0. The fraction of sp³-hybridized carbons (Fsp3) is 0.312. The van der Waals surface area contributed by atoms with Crippen LogP contribution in [0.4, 0.5) is 0 Å². The number of benzene rings is 1. The van der Waals surface area contributed by atoms with Crippen LogP contribution in [0, 0.1) is 0 Å². The standard InChI is InChI=1S/C8H8.C5H8O2.C3H8O3/c1-2-8-6-4-3-5-7-8;1-4(2)5(6)7-3;4-1-3(6)2-5/h2-7H,1H2;1H2,2-3H3;3-6H,1-2H2. The number of aliphatic hydroxyl groups excluding tert-OH is 3. The first kappa shape index (κ1) is 21.4. The second-order valence-corrected chi connectivity index (χ2v) is 3.91. The number of methoxy groups -OCH3 is 1. The molecule has 0 bridgehead atoms. The van der Waals surface area contributed by atoms with Crippen molar-refractivity contribution in [3.63, 3.8) is 0 Å². The van der Waals surface area contributed by atoms with Gasteiger partial charge in [0.2, 0.25) is 0 Å². The quantitative estimate of drug-likeness (QED) is 0.577. The summed E-state index contributed by atoms with van der Waals surface area (Å²) in [5.74, 6) is -0.347. The maximum Gasteiger partial charge on any atom is 0.332 e. The maximum absolute atomic E-state index is 10.2. The van der Waals surface area contributed by atoms with Gasteiger partial charge in [-0.3, -0.25) is 0 Å². The summed E-state index contributed by atoms with van der Waals surface area (Å²) in [6, 6.07) is 10.0. The smallest absolute Gasteiger partial charge is 0.332 e. The lowest BCUT2D eigenvalue weighted by molar-refractivity contribution is -0.136. The predicted molar refractivity (Wildman–Crippen MR) is 83.5 cm³/mol. The van der Waals surface area contributed by atoms with E-state index in [4.69, 9.17) is 15.3 Å². The van der Waals surface area contributed by atoms with Crippen molar-refractivity contribution in [1.82, 2.24) is 0 Å². The monoisotopic (exact) mass is 296 g/mol. The number of aliphatic hydroxyl groups is 3. The lowest BCUT2D eigenvalue weighted by Gasteiger charge is -1.96. The van der Waals surface area contributed by atoms with Crippen molar-refractivity contribution in [2.24, 2.45) is 0 Å². The summed E-state index contributed by atoms with van der Waals surface area (Å²) in [5.41, 5.74) is 1.61. The molecule has 0 amide bonds. The molecule has 3 N–H and O–H groups in total. The number of esters is 1. The van der Waals surface area contributed by atoms with Gasteiger partial charge in [-0.05, 0) is 12.5 Å². The van der Waals surface area contributed by atoms with Gasteiger partial charge in [-0.2, -0.15) is 0 Å². The Hall–Kier alpha value is -1.95. The van der Waals surface area contributed by atoms with Gasteiger partial charge in [0, 0.05) is 5.57 Å². The number of hydrogen-bond acceptors (Lipinski definition) is 5. The highest BCUT2D eigenvalue weighted by Gasteiger charge is 1.95. The SMILES string of the molecule is C=C(C)C(=O)OC.C=Cc1ccccc1.OCC(O)CO. The van der Waals surface area contributed by atoms with Gasteiger partial charge in [0.25, 0.3) is 0 Å². The molecule has 0 spiro atoms. The van der Waals surface area contributed by atoms with Crippen molar-refractivity contribution < 1.29 is 24.9 Å². The van der Waals surface area contributed by atoms with Gasteiger partial charge < -0.3 is 20.1 Å². The van der Waals surface area contributed by atoms with Crippen LogP contribution >= 0.6 is 0 Å². The first-order chi connectivity index (χ1) is 9.92. The van der Waals surface area contributed by atoms with Crippen molar-refractivity contribution in [3.05, 3.63) is 54.6 Å². The van der Waals surface area contributed by atoms with Gasteiger partial charge in [0.05, 0.1) is 20.3 Å². The molecular formula is C16H24O5. The van der Waals surface area contributed by atoms with E-state index in [2.05, 4.69) is 17.9 Å². The molecule has 0 fully saturated rings. The van der Waals surface area contributed by atoms with Crippen LogP contribution in [-0.2, 0) is 9.53 Å². The van der Waals surface area contributed by atoms with E-state index in [0.717, 1.165) is 0 Å². The molecule has 0 radical (unpaired) electrons. The number of carbonyl (C=O) groups excluding carboxylic acids is 1. The molecule has 0 aromatic heterocycles. The minimum absolute atomic E-state index is 0.347. The molecule has 0 aliphatic rings. The number of carbonyl (C=O) groups is 1. The van der Waals surface area contributed by atoms with E-state index in [1.807, 2.05) is 36.4 Å². The molecule has 0 atom stereocenters. The summed E-state index contributed by atoms with van der Waals surface area (Å²) < 4.78 is 4.27. The van der Waals surface area contributed by atoms with Crippen LogP contribution in [-0.4, -0.2) is 47.7 Å². The largest absolute Gasteiger partial charge is 0.466 e. The average Bonchev–Trinajstić information content (AvgIpc) is 2.54. The van der Waals surface area contributed by atoms with Crippen molar-refractivity contribution >= 4 is 12.0 Å². The summed E-state index contributed by atoms with van der Waals surface area (Å²) in [4.78, 5) is 10.2. The molecule has 1 aromatic carbocycles. The molecule has 0 aliphatic carbocycles. The third-order valence-electron chi connectivity index (χ3n) is 1.99. The van der Waals surface area contributed by atoms with Crippen molar-refractivity contribution in [1.29, 1.82) is 0 Å². The Morgan fingerprint density at radius 3 is 1.90 bits per heavy atom. The zero-order valence-corrected chi connectivity index (χ0v) is 12.5. The highest BCUT2D eigenvalue weighted by molar-refractivity contribution is 5.86. The molecule has 0 unspecified atom stereocenters. The van der Waals surface area contributed by atoms with E-state index in [9.17, 15) is 4.79 Å². The molecule has 1 rings (SSSR count). The van der Waals surface area contributed by atoms with E-state index in [1.165, 1.54) is 12.7 Å². The van der Waals surface area contributed by atoms with E-state index >= 15 is 0 Å². The zero-order valence-electron chi connectivity index (χ0n) is 12.5. The Kier molecular flexibility index (Phi) is 14.7. The molecule has 0 aliphatic heterocycles. The second kappa shape index (κ2) is 14.5. The highest BCUT2D eigenvalue weighted by atomic mass is 16.5. The molecular weight excluding hydrogens is 272 g/mol. The summed E-state index contributed by atoms with van der Waals surface area (Å²) in [6.45, 7) is 7.86. The maximum atomic E-state index is 10.2. The van der Waals surface area contributed by atoms with Crippen LogP contribution in [0.5, 0.6) is 0 Å². The van der Waals surface area contributed by atoms with Gasteiger partial charge in [-0.1, -0.05) is 49.6 Å². The predicted octanol–water partition coefficient (Wildman–Crippen LogP) is 1.40. The molecule has 0 saturated heterocycles. The lowest BCUT2D eigenvalue weighted by Crippen LogP contribution is -2.15. The normalized spacial score (nSPS) is 8.67. The molecule has 118 valence electrons. The zero-order chi connectivity index (χ0) is 16.7. The van der Waals surface area contributed by atoms with Crippen molar-refractivity contribution in [3.8, 4) is 0 Å². The van der Waals surface area contributed by atoms with E-state index in [1.54, 1.807) is 6.92 Å². The van der Waals surface area contributed by atoms with Gasteiger partial charge in [0.15, 0.2) is 0 Å². The van der Waals surface area contributed by atoms with Crippen LogP contribution in [0.25, 0.3) is 6.08 Å². The van der Waals surface area contributed by atoms with E-state index in [-0.39, 0.29) is 19.2 Å². The first-order valence-corrected chi connectivity index (χ1v) is 6.23. The molecule has 0 saturated carbocycles. The molecule has 5 nitrogen and oxygen atoms in total. The fourth-order valence-corrected chi connectivity index (χ4v) is 0.821. The Labute approximate surface area is 125 Å². The molecule has 1 aromatic rings. The first-order valence-electron chi connectivity index (χ1n) is 6.23. The summed E-state index contributed by atoms with van der Waals surface area (Å²) in [6.07, 6.45) is 0.880. The highest BCUT2D eigenvalue weighted by Crippen LogP contribution is 1.97. The van der Waals surface area contributed by atoms with Crippen LogP contribution in [0.3, 0.4) is 0 Å². The number of ether oxygens (including phenoxy) is 1. The van der Waals surface area contributed by atoms with Gasteiger partial charge in [-0.15, -0.1) is 0 Å². The Morgan fingerprint density at radius 2 is 1.76 bits per heavy atom. The van der Waals surface area contributed by atoms with Gasteiger partial charge in [-0.25, -0.2) is 4.79 Å². The number of hydrogen-bond donors (Lipinski definition) is 3. The Morgan fingerprint density at radius 1 is 1.29 bits per heavy atom. The van der Waals surface area contributed by atoms with Crippen LogP contribution in [0.2, 0.25) is 0 Å². The summed E-state index contributed by atoms with van der Waals surface area (Å²) in [7, 11) is 1.33. The van der Waals surface area contributed by atoms with Crippen LogP contribution in [0.15, 0.2) is 49.1 Å². The van der Waals surface area contributed by atoms with E-state index < -0.39 is 6.10 Å². The second-order valence-electron chi connectivity index (χ2n) is 3.91. The minimum Gasteiger partial charge on any atom is -0.466 e.